The van der Waals surface area contributed by atoms with Crippen LogP contribution < -0.4 is 5.32 Å². The van der Waals surface area contributed by atoms with Gasteiger partial charge in [-0.3, -0.25) is 9.78 Å². The van der Waals surface area contributed by atoms with E-state index in [4.69, 9.17) is 9.97 Å². The molecule has 1 aliphatic rings. The van der Waals surface area contributed by atoms with E-state index in [9.17, 15) is 4.79 Å². The molecule has 2 aromatic heterocycles. The Kier molecular flexibility index (Phi) is 6.01. The monoisotopic (exact) mass is 368 g/mol. The Morgan fingerprint density at radius 3 is 2.81 bits per heavy atom. The lowest BCUT2D eigenvalue weighted by Gasteiger charge is -2.30. The van der Waals surface area contributed by atoms with Crippen LogP contribution in [0, 0.1) is 0 Å². The SMILES string of the molecule is CCC(CN(C)C)Nc1nc(-c2cccnc2)nc2c1CCN(C(C)=O)C2. The van der Waals surface area contributed by atoms with E-state index in [0.717, 1.165) is 42.0 Å². The van der Waals surface area contributed by atoms with Crippen LogP contribution in [0.2, 0.25) is 0 Å². The fourth-order valence-corrected chi connectivity index (χ4v) is 3.35. The summed E-state index contributed by atoms with van der Waals surface area (Å²) in [5.41, 5.74) is 2.92. The third kappa shape index (κ3) is 4.60. The van der Waals surface area contributed by atoms with Gasteiger partial charge in [-0.1, -0.05) is 6.92 Å². The summed E-state index contributed by atoms with van der Waals surface area (Å²) in [5, 5.41) is 3.63. The number of anilines is 1. The van der Waals surface area contributed by atoms with E-state index >= 15 is 0 Å². The number of aromatic nitrogens is 3. The Balaban J connectivity index is 2.00. The lowest BCUT2D eigenvalue weighted by Crippen LogP contribution is -2.37. The molecule has 27 heavy (non-hydrogen) atoms. The minimum Gasteiger partial charge on any atom is -0.366 e. The Morgan fingerprint density at radius 2 is 2.19 bits per heavy atom. The maximum absolute atomic E-state index is 11.8. The molecule has 0 fully saturated rings. The van der Waals surface area contributed by atoms with E-state index in [1.807, 2.05) is 17.0 Å². The van der Waals surface area contributed by atoms with Gasteiger partial charge < -0.3 is 15.1 Å². The zero-order valence-electron chi connectivity index (χ0n) is 16.6. The van der Waals surface area contributed by atoms with Crippen molar-refractivity contribution >= 4 is 11.7 Å². The van der Waals surface area contributed by atoms with Crippen LogP contribution >= 0.6 is 0 Å². The van der Waals surface area contributed by atoms with Crippen molar-refractivity contribution in [3.8, 4) is 11.4 Å². The molecule has 0 saturated carbocycles. The van der Waals surface area contributed by atoms with Gasteiger partial charge in [0, 0.05) is 49.6 Å². The normalized spacial score (nSPS) is 14.8. The highest BCUT2D eigenvalue weighted by atomic mass is 16.2. The molecule has 3 rings (SSSR count). The number of hydrogen-bond donors (Lipinski definition) is 1. The van der Waals surface area contributed by atoms with Crippen LogP contribution in [0.1, 0.15) is 31.5 Å². The molecule has 0 radical (unpaired) electrons. The first kappa shape index (κ1) is 19.2. The molecule has 1 aliphatic heterocycles. The first-order chi connectivity index (χ1) is 13.0. The number of nitrogens with one attached hydrogen (secondary N) is 1. The standard InChI is InChI=1S/C20H28N6O/c1-5-16(12-25(3)4)22-20-17-8-10-26(14(2)27)13-18(17)23-19(24-20)15-7-6-9-21-11-15/h6-7,9,11,16H,5,8,10,12-13H2,1-4H3,(H,22,23,24). The average Bonchev–Trinajstić information content (AvgIpc) is 2.67. The zero-order valence-corrected chi connectivity index (χ0v) is 16.6. The van der Waals surface area contributed by atoms with E-state index in [2.05, 4.69) is 36.2 Å². The second kappa shape index (κ2) is 8.43. The first-order valence-electron chi connectivity index (χ1n) is 9.45. The van der Waals surface area contributed by atoms with E-state index in [1.54, 1.807) is 19.3 Å². The lowest BCUT2D eigenvalue weighted by molar-refractivity contribution is -0.129. The predicted molar refractivity (Wildman–Crippen MR) is 106 cm³/mol. The predicted octanol–water partition coefficient (Wildman–Crippen LogP) is 2.20. The molecule has 0 aliphatic carbocycles. The summed E-state index contributed by atoms with van der Waals surface area (Å²) in [6.07, 6.45) is 5.28. The van der Waals surface area contributed by atoms with Gasteiger partial charge in [0.05, 0.1) is 12.2 Å². The molecule has 7 nitrogen and oxygen atoms in total. The molecule has 144 valence electrons. The van der Waals surface area contributed by atoms with Crippen molar-refractivity contribution in [3.05, 3.63) is 35.8 Å². The summed E-state index contributed by atoms with van der Waals surface area (Å²) in [6.45, 7) is 5.94. The molecule has 3 heterocycles. The number of rotatable bonds is 6. The Hall–Kier alpha value is -2.54. The van der Waals surface area contributed by atoms with Gasteiger partial charge in [0.1, 0.15) is 5.82 Å². The van der Waals surface area contributed by atoms with E-state index in [1.165, 1.54) is 0 Å². The molecule has 1 unspecified atom stereocenters. The first-order valence-corrected chi connectivity index (χ1v) is 9.45. The topological polar surface area (TPSA) is 74.2 Å². The van der Waals surface area contributed by atoms with Crippen LogP contribution in [-0.4, -0.2) is 63.9 Å². The maximum Gasteiger partial charge on any atom is 0.219 e. The highest BCUT2D eigenvalue weighted by Crippen LogP contribution is 2.27. The van der Waals surface area contributed by atoms with Gasteiger partial charge in [-0.05, 0) is 39.1 Å². The number of hydrogen-bond acceptors (Lipinski definition) is 6. The largest absolute Gasteiger partial charge is 0.366 e. The highest BCUT2D eigenvalue weighted by molar-refractivity contribution is 5.74. The van der Waals surface area contributed by atoms with Gasteiger partial charge in [-0.15, -0.1) is 0 Å². The van der Waals surface area contributed by atoms with Gasteiger partial charge in [0.2, 0.25) is 5.91 Å². The summed E-state index contributed by atoms with van der Waals surface area (Å²) in [4.78, 5) is 29.7. The minimum atomic E-state index is 0.0794. The number of carbonyl (C=O) groups is 1. The molecular weight excluding hydrogens is 340 g/mol. The van der Waals surface area contributed by atoms with Gasteiger partial charge in [-0.25, -0.2) is 9.97 Å². The zero-order chi connectivity index (χ0) is 19.4. The molecule has 1 N–H and O–H groups in total. The van der Waals surface area contributed by atoms with Gasteiger partial charge in [0.15, 0.2) is 5.82 Å². The second-order valence-electron chi connectivity index (χ2n) is 7.27. The van der Waals surface area contributed by atoms with Crippen LogP contribution in [-0.2, 0) is 17.8 Å². The Labute approximate surface area is 160 Å². The van der Waals surface area contributed by atoms with Gasteiger partial charge in [0.25, 0.3) is 0 Å². The Bertz CT molecular complexity index is 793. The maximum atomic E-state index is 11.8. The quantitative estimate of drug-likeness (QED) is 0.843. The van der Waals surface area contributed by atoms with Crippen molar-refractivity contribution in [2.45, 2.75) is 39.3 Å². The average molecular weight is 368 g/mol. The van der Waals surface area contributed by atoms with Crippen LogP contribution in [0.5, 0.6) is 0 Å². The number of pyridine rings is 1. The van der Waals surface area contributed by atoms with Crippen molar-refractivity contribution in [2.24, 2.45) is 0 Å². The number of fused-ring (bicyclic) bond motifs is 1. The van der Waals surface area contributed by atoms with Crippen molar-refractivity contribution in [3.63, 3.8) is 0 Å². The van der Waals surface area contributed by atoms with Crippen molar-refractivity contribution < 1.29 is 4.79 Å². The summed E-state index contributed by atoms with van der Waals surface area (Å²) in [6, 6.07) is 4.14. The van der Waals surface area contributed by atoms with Crippen LogP contribution in [0.3, 0.4) is 0 Å². The summed E-state index contributed by atoms with van der Waals surface area (Å²) >= 11 is 0. The molecule has 1 atom stereocenters. The van der Waals surface area contributed by atoms with Crippen molar-refractivity contribution in [2.75, 3.05) is 32.5 Å². The van der Waals surface area contributed by atoms with Gasteiger partial charge in [-0.2, -0.15) is 0 Å². The molecule has 1 amide bonds. The summed E-state index contributed by atoms with van der Waals surface area (Å²) < 4.78 is 0. The highest BCUT2D eigenvalue weighted by Gasteiger charge is 2.25. The molecule has 0 saturated heterocycles. The third-order valence-corrected chi connectivity index (χ3v) is 4.85. The number of carbonyl (C=O) groups excluding carboxylic acids is 1. The molecular formula is C20H28N6O. The molecule has 0 aromatic carbocycles. The van der Waals surface area contributed by atoms with E-state index in [0.29, 0.717) is 25.0 Å². The number of nitrogens with zero attached hydrogens (tertiary/aromatic N) is 5. The van der Waals surface area contributed by atoms with E-state index < -0.39 is 0 Å². The van der Waals surface area contributed by atoms with Gasteiger partial charge >= 0.3 is 0 Å². The fourth-order valence-electron chi connectivity index (χ4n) is 3.35. The summed E-state index contributed by atoms with van der Waals surface area (Å²) in [5.74, 6) is 1.61. The number of likely N-dealkylation sites (N-methyl/N-ethyl adjacent to an activating group) is 1. The Morgan fingerprint density at radius 1 is 1.37 bits per heavy atom. The van der Waals surface area contributed by atoms with E-state index in [-0.39, 0.29) is 5.91 Å². The molecule has 0 spiro atoms. The number of amides is 1. The third-order valence-electron chi connectivity index (χ3n) is 4.85. The molecule has 7 heteroatoms. The molecule has 2 aromatic rings. The van der Waals surface area contributed by atoms with Crippen molar-refractivity contribution in [1.82, 2.24) is 24.8 Å². The minimum absolute atomic E-state index is 0.0794. The summed E-state index contributed by atoms with van der Waals surface area (Å²) in [7, 11) is 4.15. The fraction of sp³-hybridized carbons (Fsp3) is 0.500. The van der Waals surface area contributed by atoms with Crippen LogP contribution in [0.4, 0.5) is 5.82 Å². The van der Waals surface area contributed by atoms with Crippen molar-refractivity contribution in [1.29, 1.82) is 0 Å². The van der Waals surface area contributed by atoms with Crippen LogP contribution in [0.25, 0.3) is 11.4 Å². The van der Waals surface area contributed by atoms with Crippen LogP contribution in [0.15, 0.2) is 24.5 Å². The molecule has 0 bridgehead atoms. The second-order valence-corrected chi connectivity index (χ2v) is 7.27. The smallest absolute Gasteiger partial charge is 0.219 e. The lowest BCUT2D eigenvalue weighted by atomic mass is 10.0.